The molecule has 0 aliphatic carbocycles. The highest BCUT2D eigenvalue weighted by Gasteiger charge is 2.29. The fourth-order valence-corrected chi connectivity index (χ4v) is 7.39. The van der Waals surface area contributed by atoms with E-state index < -0.39 is 11.6 Å². The lowest BCUT2D eigenvalue weighted by Gasteiger charge is -2.29. The molecule has 2 aromatic heterocycles. The van der Waals surface area contributed by atoms with Crippen LogP contribution < -0.4 is 29.6 Å². The van der Waals surface area contributed by atoms with Crippen molar-refractivity contribution in [3.05, 3.63) is 82.6 Å². The number of benzene rings is 4. The van der Waals surface area contributed by atoms with Crippen molar-refractivity contribution in [2.75, 3.05) is 58.2 Å². The van der Waals surface area contributed by atoms with Gasteiger partial charge in [-0.3, -0.25) is 0 Å². The number of piperidine rings is 1. The van der Waals surface area contributed by atoms with Gasteiger partial charge < -0.3 is 39.2 Å². The number of methoxy groups -OCH3 is 2. The van der Waals surface area contributed by atoms with Gasteiger partial charge in [0.15, 0.2) is 28.8 Å². The summed E-state index contributed by atoms with van der Waals surface area (Å²) >= 11 is 12.4. The molecule has 8 rings (SSSR count). The van der Waals surface area contributed by atoms with Crippen LogP contribution in [0.25, 0.3) is 33.2 Å². The van der Waals surface area contributed by atoms with Gasteiger partial charge in [0.2, 0.25) is 0 Å². The minimum absolute atomic E-state index is 0.0198. The van der Waals surface area contributed by atoms with Crippen molar-refractivity contribution in [3.63, 3.8) is 0 Å². The number of likely N-dealkylation sites (tertiary alicyclic amines) is 1. The number of fused-ring (bicyclic) bond motifs is 2. The van der Waals surface area contributed by atoms with E-state index in [0.717, 1.165) is 38.8 Å². The normalized spacial score (nSPS) is 16.4. The summed E-state index contributed by atoms with van der Waals surface area (Å²) in [5, 5.41) is 7.57. The highest BCUT2D eigenvalue weighted by molar-refractivity contribution is 6.31. The Morgan fingerprint density at radius 3 is 2.09 bits per heavy atom. The molecule has 0 saturated carbocycles. The summed E-state index contributed by atoms with van der Waals surface area (Å²) in [7, 11) is 5.21. The lowest BCUT2D eigenvalue weighted by molar-refractivity contribution is 0.00674. The Bertz CT molecular complexity index is 2450. The van der Waals surface area contributed by atoms with Gasteiger partial charge in [0.1, 0.15) is 41.8 Å². The quantitative estimate of drug-likeness (QED) is 0.129. The topological polar surface area (TPSA) is 125 Å². The Kier molecular flexibility index (Phi) is 11.3. The van der Waals surface area contributed by atoms with E-state index in [2.05, 4.69) is 32.5 Å². The number of hydrogen-bond donors (Lipinski definition) is 2. The smallest absolute Gasteiger partial charge is 0.173 e. The number of hydrogen-bond acceptors (Lipinski definition) is 12. The summed E-state index contributed by atoms with van der Waals surface area (Å²) in [5.41, 5.74) is 2.32. The second kappa shape index (κ2) is 16.7. The van der Waals surface area contributed by atoms with Gasteiger partial charge in [-0.05, 0) is 75.2 Å². The molecule has 1 unspecified atom stereocenters. The van der Waals surface area contributed by atoms with Gasteiger partial charge in [0, 0.05) is 48.6 Å². The average Bonchev–Trinajstić information content (AvgIpc) is 3.21. The van der Waals surface area contributed by atoms with E-state index in [4.69, 9.17) is 56.9 Å². The summed E-state index contributed by atoms with van der Waals surface area (Å²) in [6.45, 7) is 2.81. The SMILES string of the molecule is COc1cc2nc(-c3c(OC4CCCOC4)c(OC)cc4ncnc(Nc5ccc(F)c(Cl)c5)c34)nc(Nc3ccc(F)c(Cl)c3)c2cc1OC1CCN(C)CC1. The van der Waals surface area contributed by atoms with E-state index >= 15 is 0 Å². The summed E-state index contributed by atoms with van der Waals surface area (Å²) in [6.07, 6.45) is 4.31. The molecule has 57 heavy (non-hydrogen) atoms. The Balaban J connectivity index is 1.37. The molecule has 2 fully saturated rings. The molecule has 6 aromatic rings. The second-order valence-electron chi connectivity index (χ2n) is 13.9. The molecule has 2 aliphatic heterocycles. The molecule has 0 amide bonds. The Hall–Kier alpha value is -5.28. The van der Waals surface area contributed by atoms with E-state index in [-0.39, 0.29) is 28.1 Å². The van der Waals surface area contributed by atoms with Crippen LogP contribution in [0.3, 0.4) is 0 Å². The van der Waals surface area contributed by atoms with E-state index in [1.807, 2.05) is 6.07 Å². The Morgan fingerprint density at radius 2 is 1.44 bits per heavy atom. The van der Waals surface area contributed by atoms with Gasteiger partial charge in [-0.2, -0.15) is 0 Å². The molecule has 4 heterocycles. The zero-order valence-electron chi connectivity index (χ0n) is 31.4. The monoisotopic (exact) mass is 817 g/mol. The van der Waals surface area contributed by atoms with Crippen molar-refractivity contribution in [2.45, 2.75) is 37.9 Å². The lowest BCUT2D eigenvalue weighted by Crippen LogP contribution is -2.35. The highest BCUT2D eigenvalue weighted by atomic mass is 35.5. The van der Waals surface area contributed by atoms with Crippen LogP contribution in [-0.2, 0) is 4.74 Å². The van der Waals surface area contributed by atoms with E-state index in [9.17, 15) is 8.78 Å². The molecule has 2 N–H and O–H groups in total. The van der Waals surface area contributed by atoms with Crippen molar-refractivity contribution in [3.8, 4) is 34.4 Å². The number of aromatic nitrogens is 4. The first-order valence-corrected chi connectivity index (χ1v) is 19.2. The van der Waals surface area contributed by atoms with Crippen LogP contribution in [0.15, 0.2) is 60.9 Å². The third-order valence-electron chi connectivity index (χ3n) is 10.00. The number of nitrogens with zero attached hydrogens (tertiary/aromatic N) is 5. The fourth-order valence-electron chi connectivity index (χ4n) is 7.03. The van der Waals surface area contributed by atoms with Crippen LogP contribution in [0.5, 0.6) is 23.0 Å². The van der Waals surface area contributed by atoms with Crippen molar-refractivity contribution in [2.24, 2.45) is 0 Å². The molecular weight excluding hydrogens is 779 g/mol. The minimum Gasteiger partial charge on any atom is -0.493 e. The molecule has 2 saturated heterocycles. The molecule has 1 atom stereocenters. The van der Waals surface area contributed by atoms with Crippen molar-refractivity contribution >= 4 is 68.0 Å². The maximum Gasteiger partial charge on any atom is 0.173 e. The van der Waals surface area contributed by atoms with Gasteiger partial charge >= 0.3 is 0 Å². The summed E-state index contributed by atoms with van der Waals surface area (Å²) in [6, 6.07) is 14.0. The predicted molar refractivity (Wildman–Crippen MR) is 216 cm³/mol. The van der Waals surface area contributed by atoms with Gasteiger partial charge in [-0.1, -0.05) is 23.2 Å². The molecule has 12 nitrogen and oxygen atoms in total. The number of ether oxygens (including phenoxy) is 5. The minimum atomic E-state index is -0.562. The van der Waals surface area contributed by atoms with Gasteiger partial charge in [-0.15, -0.1) is 0 Å². The summed E-state index contributed by atoms with van der Waals surface area (Å²) in [4.78, 5) is 21.8. The van der Waals surface area contributed by atoms with Crippen LogP contribution in [-0.4, -0.2) is 84.6 Å². The maximum atomic E-state index is 14.4. The molecule has 296 valence electrons. The lowest BCUT2D eigenvalue weighted by atomic mass is 10.0. The third-order valence-corrected chi connectivity index (χ3v) is 10.6. The highest BCUT2D eigenvalue weighted by Crippen LogP contribution is 2.47. The van der Waals surface area contributed by atoms with Gasteiger partial charge in [0.05, 0.1) is 52.9 Å². The molecule has 0 spiro atoms. The Labute approximate surface area is 337 Å². The van der Waals surface area contributed by atoms with Crippen molar-refractivity contribution in [1.29, 1.82) is 0 Å². The predicted octanol–water partition coefficient (Wildman–Crippen LogP) is 9.36. The van der Waals surface area contributed by atoms with Crippen molar-refractivity contribution < 1.29 is 32.5 Å². The number of anilines is 4. The fraction of sp³-hybridized carbons (Fsp3) is 0.317. The number of halogens is 4. The zero-order chi connectivity index (χ0) is 39.6. The second-order valence-corrected chi connectivity index (χ2v) is 14.7. The molecule has 2 aliphatic rings. The first kappa shape index (κ1) is 38.6. The van der Waals surface area contributed by atoms with E-state index in [1.54, 1.807) is 38.5 Å². The van der Waals surface area contributed by atoms with Gasteiger partial charge in [0.25, 0.3) is 0 Å². The van der Waals surface area contributed by atoms with E-state index in [0.29, 0.717) is 86.6 Å². The van der Waals surface area contributed by atoms with Crippen LogP contribution in [0.1, 0.15) is 25.7 Å². The Morgan fingerprint density at radius 1 is 0.754 bits per heavy atom. The van der Waals surface area contributed by atoms with Crippen LogP contribution in [0.4, 0.5) is 31.8 Å². The van der Waals surface area contributed by atoms with Crippen LogP contribution >= 0.6 is 23.2 Å². The van der Waals surface area contributed by atoms with E-state index in [1.165, 1.54) is 30.6 Å². The third kappa shape index (κ3) is 8.26. The first-order chi connectivity index (χ1) is 27.7. The molecule has 16 heteroatoms. The van der Waals surface area contributed by atoms with Crippen LogP contribution in [0, 0.1) is 11.6 Å². The average molecular weight is 819 g/mol. The van der Waals surface area contributed by atoms with Gasteiger partial charge in [-0.25, -0.2) is 28.7 Å². The molecule has 0 bridgehead atoms. The number of rotatable bonds is 11. The molecule has 0 radical (unpaired) electrons. The summed E-state index contributed by atoms with van der Waals surface area (Å²) < 4.78 is 59.5. The first-order valence-electron chi connectivity index (χ1n) is 18.5. The van der Waals surface area contributed by atoms with Crippen molar-refractivity contribution in [1.82, 2.24) is 24.8 Å². The molecule has 4 aromatic carbocycles. The maximum absolute atomic E-state index is 14.4. The molecular formula is C41H39Cl2F2N7O5. The standard InChI is InChI=1S/C41H39Cl2F2N7O5/c1-52-12-10-24(11-13-52)56-34-17-26-31(18-33(34)53-2)50-41(51-39(26)48-22-6-8-29(44)27(42)15-22)37-36-32(19-35(54-3)38(37)57-25-5-4-14-55-20-25)46-21-47-40(36)49-23-7-9-30(45)28(43)16-23/h6-9,15-19,21,24-25H,4-5,10-14,20H2,1-3H3,(H,46,47,49)(H,48,50,51). The largest absolute Gasteiger partial charge is 0.493 e. The summed E-state index contributed by atoms with van der Waals surface area (Å²) in [5.74, 6) is 1.49. The van der Waals surface area contributed by atoms with Crippen LogP contribution in [0.2, 0.25) is 10.0 Å². The zero-order valence-corrected chi connectivity index (χ0v) is 32.9. The number of nitrogens with one attached hydrogen (secondary N) is 2.